The van der Waals surface area contributed by atoms with Crippen molar-refractivity contribution in [2.45, 2.75) is 33.4 Å². The highest BCUT2D eigenvalue weighted by atomic mass is 19.4. The van der Waals surface area contributed by atoms with Gasteiger partial charge in [0.05, 0.1) is 27.5 Å². The summed E-state index contributed by atoms with van der Waals surface area (Å²) in [5.74, 6) is 0. The summed E-state index contributed by atoms with van der Waals surface area (Å²) in [4.78, 5) is 4.83. The van der Waals surface area contributed by atoms with Crippen molar-refractivity contribution in [3.63, 3.8) is 0 Å². The van der Waals surface area contributed by atoms with Gasteiger partial charge in [-0.3, -0.25) is 4.98 Å². The van der Waals surface area contributed by atoms with Gasteiger partial charge in [0.1, 0.15) is 0 Å². The highest BCUT2D eigenvalue weighted by Crippen LogP contribution is 2.44. The molecule has 7 aromatic rings. The first-order chi connectivity index (χ1) is 17.2. The molecule has 0 aliphatic rings. The van der Waals surface area contributed by atoms with Crippen LogP contribution in [0.2, 0.25) is 0 Å². The summed E-state index contributed by atoms with van der Waals surface area (Å²) in [6.45, 7) is 4.67. The van der Waals surface area contributed by atoms with Gasteiger partial charge in [0, 0.05) is 27.7 Å². The van der Waals surface area contributed by atoms with Crippen LogP contribution in [0, 0.1) is 12.3 Å². The van der Waals surface area contributed by atoms with Gasteiger partial charge in [-0.05, 0) is 58.8 Å². The molecule has 0 unspecified atom stereocenters. The van der Waals surface area contributed by atoms with E-state index in [2.05, 4.69) is 41.7 Å². The zero-order valence-electron chi connectivity index (χ0n) is 20.2. The number of hydrogen-bond donors (Lipinski definition) is 0. The van der Waals surface area contributed by atoms with Gasteiger partial charge >= 0.3 is 6.18 Å². The van der Waals surface area contributed by atoms with E-state index < -0.39 is 11.6 Å². The Hall–Kier alpha value is -3.86. The largest absolute Gasteiger partial charge is 0.394 e. The third-order valence-corrected chi connectivity index (χ3v) is 7.89. The van der Waals surface area contributed by atoms with Crippen LogP contribution in [0.1, 0.15) is 25.0 Å². The van der Waals surface area contributed by atoms with E-state index in [9.17, 15) is 13.2 Å². The van der Waals surface area contributed by atoms with Crippen molar-refractivity contribution >= 4 is 59.8 Å². The SMILES string of the molecule is Cc1c2ccccc2cc2c3nccc4ccc5c6ccc(CC(C)(C)C(F)(F)F)cc6n(c12)c5c43. The lowest BCUT2D eigenvalue weighted by atomic mass is 9.85. The minimum atomic E-state index is -4.28. The van der Waals surface area contributed by atoms with Gasteiger partial charge < -0.3 is 4.40 Å². The van der Waals surface area contributed by atoms with Crippen molar-refractivity contribution in [3.05, 3.63) is 84.1 Å². The average Bonchev–Trinajstić information content (AvgIpc) is 3.17. The number of halogens is 3. The molecule has 0 saturated carbocycles. The predicted molar refractivity (Wildman–Crippen MR) is 142 cm³/mol. The summed E-state index contributed by atoms with van der Waals surface area (Å²) in [5, 5.41) is 7.68. The summed E-state index contributed by atoms with van der Waals surface area (Å²) in [5.41, 5.74) is 4.01. The molecular formula is C31H23F3N2. The van der Waals surface area contributed by atoms with Crippen molar-refractivity contribution in [2.24, 2.45) is 5.41 Å². The van der Waals surface area contributed by atoms with E-state index in [0.29, 0.717) is 5.56 Å². The number of pyridine rings is 2. The number of alkyl halides is 3. The summed E-state index contributed by atoms with van der Waals surface area (Å²) in [7, 11) is 0. The fourth-order valence-corrected chi connectivity index (χ4v) is 5.95. The number of hydrogen-bond acceptors (Lipinski definition) is 1. The normalized spacial score (nSPS) is 13.4. The Balaban J connectivity index is 1.70. The molecule has 0 saturated heterocycles. The van der Waals surface area contributed by atoms with Crippen LogP contribution in [-0.2, 0) is 6.42 Å². The van der Waals surface area contributed by atoms with E-state index in [4.69, 9.17) is 4.98 Å². The van der Waals surface area contributed by atoms with Crippen LogP contribution in [0.25, 0.3) is 59.8 Å². The molecule has 36 heavy (non-hydrogen) atoms. The van der Waals surface area contributed by atoms with E-state index in [0.717, 1.165) is 65.3 Å². The lowest BCUT2D eigenvalue weighted by Gasteiger charge is -2.27. The first-order valence-corrected chi connectivity index (χ1v) is 12.1. The Bertz CT molecular complexity index is 1990. The Morgan fingerprint density at radius 1 is 0.778 bits per heavy atom. The minimum Gasteiger partial charge on any atom is -0.308 e. The molecule has 0 amide bonds. The third-order valence-electron chi connectivity index (χ3n) is 7.89. The van der Waals surface area contributed by atoms with Gasteiger partial charge in [-0.15, -0.1) is 0 Å². The van der Waals surface area contributed by atoms with E-state index >= 15 is 0 Å². The Morgan fingerprint density at radius 2 is 1.56 bits per heavy atom. The standard InChI is InChI=1S/C31H23F3N2/c1-17-21-7-5-4-6-20(21)15-24-27-26-19(12-13-35-27)9-11-23-22-10-8-18(16-30(2,3)31(32,33)34)14-25(22)36(28(17)24)29(23)26/h4-15H,16H2,1-3H3. The molecule has 0 radical (unpaired) electrons. The number of aryl methyl sites for hydroxylation is 1. The van der Waals surface area contributed by atoms with Gasteiger partial charge in [0.25, 0.3) is 0 Å². The van der Waals surface area contributed by atoms with Gasteiger partial charge in [0.2, 0.25) is 0 Å². The van der Waals surface area contributed by atoms with Crippen molar-refractivity contribution in [1.82, 2.24) is 9.38 Å². The van der Waals surface area contributed by atoms with Crippen molar-refractivity contribution in [3.8, 4) is 0 Å². The van der Waals surface area contributed by atoms with Crippen molar-refractivity contribution in [1.29, 1.82) is 0 Å². The van der Waals surface area contributed by atoms with E-state index in [-0.39, 0.29) is 6.42 Å². The smallest absolute Gasteiger partial charge is 0.308 e. The number of fused-ring (bicyclic) bond motifs is 7. The fourth-order valence-electron chi connectivity index (χ4n) is 5.95. The molecule has 7 rings (SSSR count). The molecule has 0 bridgehead atoms. The fraction of sp³-hybridized carbons (Fsp3) is 0.194. The molecule has 178 valence electrons. The molecule has 3 aromatic heterocycles. The summed E-state index contributed by atoms with van der Waals surface area (Å²) in [6, 6.07) is 22.6. The lowest BCUT2D eigenvalue weighted by Crippen LogP contribution is -2.34. The molecule has 5 heteroatoms. The number of rotatable bonds is 2. The second-order valence-electron chi connectivity index (χ2n) is 10.6. The summed E-state index contributed by atoms with van der Waals surface area (Å²) in [6.07, 6.45) is -2.50. The van der Waals surface area contributed by atoms with Crippen molar-refractivity contribution in [2.75, 3.05) is 0 Å². The monoisotopic (exact) mass is 480 g/mol. The maximum Gasteiger partial charge on any atom is 0.394 e. The highest BCUT2D eigenvalue weighted by Gasteiger charge is 2.47. The number of aromatic nitrogens is 2. The quantitative estimate of drug-likeness (QED) is 0.178. The van der Waals surface area contributed by atoms with Crippen LogP contribution in [0.3, 0.4) is 0 Å². The zero-order valence-corrected chi connectivity index (χ0v) is 20.2. The molecular weight excluding hydrogens is 457 g/mol. The molecule has 0 aliphatic carbocycles. The van der Waals surface area contributed by atoms with Crippen LogP contribution in [0.4, 0.5) is 13.2 Å². The highest BCUT2D eigenvalue weighted by molar-refractivity contribution is 6.28. The molecule has 0 atom stereocenters. The number of benzene rings is 4. The van der Waals surface area contributed by atoms with Crippen LogP contribution in [0.5, 0.6) is 0 Å². The Morgan fingerprint density at radius 3 is 2.36 bits per heavy atom. The zero-order chi connectivity index (χ0) is 25.0. The Labute approximate surface area is 205 Å². The van der Waals surface area contributed by atoms with Gasteiger partial charge in [-0.2, -0.15) is 13.2 Å². The van der Waals surface area contributed by atoms with Gasteiger partial charge in [0.15, 0.2) is 0 Å². The van der Waals surface area contributed by atoms with Gasteiger partial charge in [-0.25, -0.2) is 0 Å². The molecule has 0 N–H and O–H groups in total. The van der Waals surface area contributed by atoms with Gasteiger partial charge in [-0.1, -0.05) is 62.4 Å². The summed E-state index contributed by atoms with van der Waals surface area (Å²) < 4.78 is 43.4. The second kappa shape index (κ2) is 6.88. The molecule has 2 nitrogen and oxygen atoms in total. The van der Waals surface area contributed by atoms with Crippen LogP contribution in [-0.4, -0.2) is 15.6 Å². The minimum absolute atomic E-state index is 0.0783. The predicted octanol–water partition coefficient (Wildman–Crippen LogP) is 8.98. The lowest BCUT2D eigenvalue weighted by molar-refractivity contribution is -0.211. The molecule has 0 fully saturated rings. The van der Waals surface area contributed by atoms with E-state index in [1.807, 2.05) is 42.6 Å². The maximum atomic E-state index is 13.7. The van der Waals surface area contributed by atoms with E-state index in [1.165, 1.54) is 13.8 Å². The van der Waals surface area contributed by atoms with E-state index in [1.54, 1.807) is 0 Å². The first kappa shape index (κ1) is 21.4. The first-order valence-electron chi connectivity index (χ1n) is 12.1. The average molecular weight is 481 g/mol. The van der Waals surface area contributed by atoms with Crippen LogP contribution >= 0.6 is 0 Å². The number of nitrogens with zero attached hydrogens (tertiary/aromatic N) is 2. The topological polar surface area (TPSA) is 17.3 Å². The molecule has 0 spiro atoms. The summed E-state index contributed by atoms with van der Waals surface area (Å²) >= 11 is 0. The third kappa shape index (κ3) is 2.71. The molecule has 0 aliphatic heterocycles. The molecule has 3 heterocycles. The van der Waals surface area contributed by atoms with Crippen LogP contribution in [0.15, 0.2) is 72.9 Å². The maximum absolute atomic E-state index is 13.7. The second-order valence-corrected chi connectivity index (χ2v) is 10.6. The Kier molecular flexibility index (Phi) is 4.09. The molecule has 4 aromatic carbocycles. The van der Waals surface area contributed by atoms with Crippen molar-refractivity contribution < 1.29 is 13.2 Å². The van der Waals surface area contributed by atoms with Crippen LogP contribution < -0.4 is 0 Å².